The summed E-state index contributed by atoms with van der Waals surface area (Å²) in [6.45, 7) is 0. The van der Waals surface area contributed by atoms with Crippen molar-refractivity contribution in [1.82, 2.24) is 0 Å². The molecule has 0 saturated heterocycles. The molecule has 82 valence electrons. The molecule has 1 aromatic heterocycles. The highest BCUT2D eigenvalue weighted by molar-refractivity contribution is 9.11. The lowest BCUT2D eigenvalue weighted by Crippen LogP contribution is -1.90. The predicted octanol–water partition coefficient (Wildman–Crippen LogP) is 4.38. The summed E-state index contributed by atoms with van der Waals surface area (Å²) in [5.41, 5.74) is 0.782. The lowest BCUT2D eigenvalue weighted by Gasteiger charge is -2.02. The summed E-state index contributed by atoms with van der Waals surface area (Å²) in [6, 6.07) is 6.65. The molecule has 16 heavy (non-hydrogen) atoms. The fraction of sp³-hybridized carbons (Fsp3) is 0. The Morgan fingerprint density at radius 2 is 2.00 bits per heavy atom. The van der Waals surface area contributed by atoms with Crippen molar-refractivity contribution in [2.75, 3.05) is 0 Å². The minimum atomic E-state index is -0.444. The minimum absolute atomic E-state index is 0.0159. The van der Waals surface area contributed by atoms with Gasteiger partial charge in [-0.15, -0.1) is 0 Å². The third kappa shape index (κ3) is 2.03. The van der Waals surface area contributed by atoms with Crippen molar-refractivity contribution in [2.24, 2.45) is 0 Å². The molecule has 0 bridgehead atoms. The zero-order valence-corrected chi connectivity index (χ0v) is 11.0. The van der Waals surface area contributed by atoms with Crippen LogP contribution in [-0.2, 0) is 0 Å². The lowest BCUT2D eigenvalue weighted by atomic mass is 10.1. The Kier molecular flexibility index (Phi) is 3.11. The molecule has 0 aliphatic heterocycles. The van der Waals surface area contributed by atoms with Crippen LogP contribution in [0, 0.1) is 10.1 Å². The maximum atomic E-state index is 10.7. The zero-order valence-electron chi connectivity index (χ0n) is 7.81. The van der Waals surface area contributed by atoms with Gasteiger partial charge in [0.25, 0.3) is 5.69 Å². The number of hydrogen-bond acceptors (Lipinski definition) is 3. The second-order valence-electron chi connectivity index (χ2n) is 3.02. The van der Waals surface area contributed by atoms with Gasteiger partial charge in [0.1, 0.15) is 5.76 Å². The maximum Gasteiger partial charge on any atom is 0.284 e. The van der Waals surface area contributed by atoms with Crippen LogP contribution in [0.3, 0.4) is 0 Å². The van der Waals surface area contributed by atoms with Crippen molar-refractivity contribution in [3.63, 3.8) is 0 Å². The number of halogens is 2. The number of furan rings is 1. The number of hydrogen-bond donors (Lipinski definition) is 0. The molecule has 0 atom stereocenters. The second-order valence-corrected chi connectivity index (χ2v) is 4.73. The third-order valence-electron chi connectivity index (χ3n) is 2.02. The molecule has 1 heterocycles. The van der Waals surface area contributed by atoms with Crippen molar-refractivity contribution in [3.8, 4) is 11.3 Å². The number of nitro benzene ring substituents is 1. The Hall–Kier alpha value is -1.14. The van der Waals surface area contributed by atoms with Crippen molar-refractivity contribution < 1.29 is 9.34 Å². The smallest absolute Gasteiger partial charge is 0.284 e. The minimum Gasteiger partial charge on any atom is -0.464 e. The largest absolute Gasteiger partial charge is 0.464 e. The predicted molar refractivity (Wildman–Crippen MR) is 66.2 cm³/mol. The molecular formula is C10H5Br2NO3. The first-order valence-electron chi connectivity index (χ1n) is 4.27. The molecule has 0 saturated carbocycles. The third-order valence-corrected chi connectivity index (χ3v) is 3.31. The Morgan fingerprint density at radius 3 is 2.56 bits per heavy atom. The summed E-state index contributed by atoms with van der Waals surface area (Å²) in [5, 5.41) is 10.7. The Morgan fingerprint density at radius 1 is 1.25 bits per heavy atom. The quantitative estimate of drug-likeness (QED) is 0.599. The van der Waals surface area contributed by atoms with Gasteiger partial charge in [0, 0.05) is 16.1 Å². The normalized spacial score (nSPS) is 10.4. The summed E-state index contributed by atoms with van der Waals surface area (Å²) in [4.78, 5) is 10.3. The Balaban J connectivity index is 2.59. The van der Waals surface area contributed by atoms with Crippen LogP contribution in [0.25, 0.3) is 11.3 Å². The molecule has 2 rings (SSSR count). The van der Waals surface area contributed by atoms with E-state index >= 15 is 0 Å². The molecule has 0 radical (unpaired) electrons. The van der Waals surface area contributed by atoms with Crippen LogP contribution in [0.4, 0.5) is 5.69 Å². The molecule has 0 aliphatic carbocycles. The van der Waals surface area contributed by atoms with Gasteiger partial charge in [-0.1, -0.05) is 0 Å². The van der Waals surface area contributed by atoms with Crippen LogP contribution in [0.15, 0.2) is 43.9 Å². The van der Waals surface area contributed by atoms with Gasteiger partial charge < -0.3 is 4.42 Å². The second kappa shape index (κ2) is 4.39. The van der Waals surface area contributed by atoms with Gasteiger partial charge in [-0.05, 0) is 50.1 Å². The van der Waals surface area contributed by atoms with Crippen LogP contribution in [-0.4, -0.2) is 4.92 Å². The zero-order chi connectivity index (χ0) is 11.7. The number of nitrogens with zero attached hydrogens (tertiary/aromatic N) is 1. The van der Waals surface area contributed by atoms with E-state index < -0.39 is 4.92 Å². The van der Waals surface area contributed by atoms with Crippen LogP contribution in [0.1, 0.15) is 0 Å². The molecule has 0 spiro atoms. The van der Waals surface area contributed by atoms with E-state index in [9.17, 15) is 10.1 Å². The first kappa shape index (κ1) is 11.3. The van der Waals surface area contributed by atoms with Crippen molar-refractivity contribution in [3.05, 3.63) is 49.6 Å². The van der Waals surface area contributed by atoms with E-state index in [1.165, 1.54) is 6.07 Å². The molecule has 0 N–H and O–H groups in total. The van der Waals surface area contributed by atoms with Crippen LogP contribution in [0.5, 0.6) is 0 Å². The van der Waals surface area contributed by atoms with Crippen LogP contribution >= 0.6 is 31.9 Å². The molecule has 6 heteroatoms. The fourth-order valence-electron chi connectivity index (χ4n) is 1.30. The summed E-state index contributed by atoms with van der Waals surface area (Å²) in [6.07, 6.45) is 1.55. The summed E-state index contributed by atoms with van der Waals surface area (Å²) in [7, 11) is 0. The molecule has 0 amide bonds. The van der Waals surface area contributed by atoms with E-state index in [1.54, 1.807) is 24.5 Å². The topological polar surface area (TPSA) is 56.3 Å². The first-order chi connectivity index (χ1) is 7.59. The molecule has 4 nitrogen and oxygen atoms in total. The van der Waals surface area contributed by atoms with Crippen molar-refractivity contribution in [1.29, 1.82) is 0 Å². The number of benzene rings is 1. The summed E-state index contributed by atoms with van der Waals surface area (Å²) < 4.78 is 6.28. The van der Waals surface area contributed by atoms with Gasteiger partial charge >= 0.3 is 0 Å². The maximum absolute atomic E-state index is 10.7. The highest BCUT2D eigenvalue weighted by Crippen LogP contribution is 2.36. The van der Waals surface area contributed by atoms with Gasteiger partial charge in [-0.3, -0.25) is 10.1 Å². The summed E-state index contributed by atoms with van der Waals surface area (Å²) in [5.74, 6) is 0.655. The number of nitro groups is 1. The average molecular weight is 347 g/mol. The monoisotopic (exact) mass is 345 g/mol. The van der Waals surface area contributed by atoms with Gasteiger partial charge in [-0.25, -0.2) is 0 Å². The molecule has 0 unspecified atom stereocenters. The van der Waals surface area contributed by atoms with Crippen LogP contribution < -0.4 is 0 Å². The summed E-state index contributed by atoms with van der Waals surface area (Å²) >= 11 is 6.45. The van der Waals surface area contributed by atoms with Gasteiger partial charge in [0.2, 0.25) is 0 Å². The highest BCUT2D eigenvalue weighted by Gasteiger charge is 2.17. The Bertz CT molecular complexity index is 537. The standard InChI is InChI=1S/C10H5Br2NO3/c11-7-5-9(13(14)15)8(12)4-6(7)10-2-1-3-16-10/h1-5H. The van der Waals surface area contributed by atoms with E-state index in [-0.39, 0.29) is 5.69 Å². The van der Waals surface area contributed by atoms with Crippen LogP contribution in [0.2, 0.25) is 0 Å². The molecular weight excluding hydrogens is 342 g/mol. The average Bonchev–Trinajstić information content (AvgIpc) is 2.73. The Labute approximate surface area is 108 Å². The molecule has 0 fully saturated rings. The van der Waals surface area contributed by atoms with E-state index in [1.807, 2.05) is 0 Å². The van der Waals surface area contributed by atoms with E-state index in [4.69, 9.17) is 4.42 Å². The van der Waals surface area contributed by atoms with E-state index in [0.29, 0.717) is 14.7 Å². The molecule has 1 aromatic carbocycles. The van der Waals surface area contributed by atoms with Gasteiger partial charge in [0.05, 0.1) is 15.7 Å². The van der Waals surface area contributed by atoms with E-state index in [2.05, 4.69) is 31.9 Å². The molecule has 0 aliphatic rings. The fourth-order valence-corrected chi connectivity index (χ4v) is 2.31. The number of rotatable bonds is 2. The lowest BCUT2D eigenvalue weighted by molar-refractivity contribution is -0.385. The van der Waals surface area contributed by atoms with E-state index in [0.717, 1.165) is 5.56 Å². The van der Waals surface area contributed by atoms with Crippen molar-refractivity contribution in [2.45, 2.75) is 0 Å². The SMILES string of the molecule is O=[N+]([O-])c1cc(Br)c(-c2ccco2)cc1Br. The van der Waals surface area contributed by atoms with Gasteiger partial charge in [0.15, 0.2) is 0 Å². The van der Waals surface area contributed by atoms with Gasteiger partial charge in [-0.2, -0.15) is 0 Å². The van der Waals surface area contributed by atoms with Crippen molar-refractivity contribution >= 4 is 37.5 Å². The molecule has 2 aromatic rings. The highest BCUT2D eigenvalue weighted by atomic mass is 79.9. The first-order valence-corrected chi connectivity index (χ1v) is 5.85.